The highest BCUT2D eigenvalue weighted by molar-refractivity contribution is 6.31. The van der Waals surface area contributed by atoms with Crippen molar-refractivity contribution in [3.8, 4) is 0 Å². The third-order valence-electron chi connectivity index (χ3n) is 1.98. The van der Waals surface area contributed by atoms with Gasteiger partial charge in [-0.1, -0.05) is 36.4 Å². The smallest absolute Gasteiger partial charge is 0.333 e. The van der Waals surface area contributed by atoms with Crippen LogP contribution in [0.25, 0.3) is 0 Å². The molecule has 1 unspecified atom stereocenters. The van der Waals surface area contributed by atoms with Gasteiger partial charge in [-0.25, -0.2) is 4.79 Å². The second kappa shape index (κ2) is 4.99. The molecule has 0 aromatic heterocycles. The lowest BCUT2D eigenvalue weighted by molar-refractivity contribution is -0.143. The van der Waals surface area contributed by atoms with Crippen molar-refractivity contribution < 1.29 is 9.53 Å². The van der Waals surface area contributed by atoms with Gasteiger partial charge in [0.1, 0.15) is 6.10 Å². The first-order valence-electron chi connectivity index (χ1n) is 4.63. The summed E-state index contributed by atoms with van der Waals surface area (Å²) in [5, 5.41) is 0.597. The van der Waals surface area contributed by atoms with Crippen LogP contribution in [0.4, 0.5) is 0 Å². The number of hydrogen-bond acceptors (Lipinski definition) is 2. The van der Waals surface area contributed by atoms with E-state index in [0.29, 0.717) is 10.6 Å². The largest absolute Gasteiger partial charge is 0.454 e. The molecule has 80 valence electrons. The Kier molecular flexibility index (Phi) is 3.92. The Bertz CT molecular complexity index is 385. The Morgan fingerprint density at radius 2 is 2.07 bits per heavy atom. The van der Waals surface area contributed by atoms with Crippen LogP contribution < -0.4 is 0 Å². The molecule has 1 aromatic carbocycles. The predicted octanol–water partition coefficient (Wildman–Crippen LogP) is 3.52. The van der Waals surface area contributed by atoms with Gasteiger partial charge in [0, 0.05) is 16.2 Å². The maximum absolute atomic E-state index is 11.3. The van der Waals surface area contributed by atoms with Gasteiger partial charge < -0.3 is 4.74 Å². The van der Waals surface area contributed by atoms with E-state index in [9.17, 15) is 4.79 Å². The van der Waals surface area contributed by atoms with E-state index in [1.54, 1.807) is 19.9 Å². The van der Waals surface area contributed by atoms with E-state index in [0.717, 1.165) is 5.56 Å². The minimum atomic E-state index is -0.401. The summed E-state index contributed by atoms with van der Waals surface area (Å²) in [5.41, 5.74) is 1.18. The molecule has 0 spiro atoms. The summed E-state index contributed by atoms with van der Waals surface area (Å²) < 4.78 is 5.16. The zero-order chi connectivity index (χ0) is 11.4. The van der Waals surface area contributed by atoms with E-state index in [1.807, 2.05) is 18.2 Å². The van der Waals surface area contributed by atoms with Gasteiger partial charge in [0.15, 0.2) is 0 Å². The molecule has 1 aromatic rings. The molecule has 0 aliphatic carbocycles. The number of halogens is 1. The highest BCUT2D eigenvalue weighted by atomic mass is 35.5. The summed E-state index contributed by atoms with van der Waals surface area (Å²) in [6, 6.07) is 7.28. The van der Waals surface area contributed by atoms with Crippen molar-refractivity contribution in [2.24, 2.45) is 0 Å². The molecule has 1 atom stereocenters. The molecular formula is C12H13ClO2. The van der Waals surface area contributed by atoms with Crippen LogP contribution in [-0.4, -0.2) is 5.97 Å². The summed E-state index contributed by atoms with van der Waals surface area (Å²) >= 11 is 5.97. The molecule has 1 rings (SSSR count). The Morgan fingerprint density at radius 1 is 1.47 bits per heavy atom. The molecule has 15 heavy (non-hydrogen) atoms. The van der Waals surface area contributed by atoms with E-state index < -0.39 is 5.97 Å². The standard InChI is InChI=1S/C12H13ClO2/c1-8(2)12(14)15-9(3)10-6-4-5-7-11(10)13/h4-7,9H,1H2,2-3H3. The number of rotatable bonds is 3. The SMILES string of the molecule is C=C(C)C(=O)OC(C)c1ccccc1Cl. The summed E-state index contributed by atoms with van der Waals surface area (Å²) in [6.45, 7) is 6.91. The van der Waals surface area contributed by atoms with Gasteiger partial charge in [-0.3, -0.25) is 0 Å². The minimum absolute atomic E-state index is 0.358. The molecule has 0 bridgehead atoms. The molecule has 0 saturated heterocycles. The monoisotopic (exact) mass is 224 g/mol. The molecule has 0 amide bonds. The molecule has 0 N–H and O–H groups in total. The lowest BCUT2D eigenvalue weighted by Gasteiger charge is -2.14. The van der Waals surface area contributed by atoms with Gasteiger partial charge in [0.2, 0.25) is 0 Å². The Labute approximate surface area is 94.5 Å². The average molecular weight is 225 g/mol. The molecule has 0 saturated carbocycles. The van der Waals surface area contributed by atoms with Gasteiger partial charge in [-0.15, -0.1) is 0 Å². The van der Waals surface area contributed by atoms with Gasteiger partial charge in [-0.2, -0.15) is 0 Å². The van der Waals surface area contributed by atoms with Crippen molar-refractivity contribution in [2.45, 2.75) is 20.0 Å². The molecule has 0 heterocycles. The highest BCUT2D eigenvalue weighted by Gasteiger charge is 2.14. The molecule has 0 fully saturated rings. The van der Waals surface area contributed by atoms with Crippen LogP contribution >= 0.6 is 11.6 Å². The van der Waals surface area contributed by atoms with Crippen LogP contribution in [0.5, 0.6) is 0 Å². The summed E-state index contributed by atoms with van der Waals surface area (Å²) in [6.07, 6.45) is -0.358. The van der Waals surface area contributed by atoms with Crippen molar-refractivity contribution in [2.75, 3.05) is 0 Å². The quantitative estimate of drug-likeness (QED) is 0.580. The maximum Gasteiger partial charge on any atom is 0.333 e. The normalized spacial score (nSPS) is 11.9. The summed E-state index contributed by atoms with van der Waals surface area (Å²) in [7, 11) is 0. The fraction of sp³-hybridized carbons (Fsp3) is 0.250. The van der Waals surface area contributed by atoms with Gasteiger partial charge in [0.05, 0.1) is 0 Å². The van der Waals surface area contributed by atoms with Gasteiger partial charge >= 0.3 is 5.97 Å². The Balaban J connectivity index is 2.78. The van der Waals surface area contributed by atoms with E-state index in [4.69, 9.17) is 16.3 Å². The van der Waals surface area contributed by atoms with Crippen LogP contribution in [0.3, 0.4) is 0 Å². The first kappa shape index (κ1) is 11.8. The number of esters is 1. The topological polar surface area (TPSA) is 26.3 Å². The van der Waals surface area contributed by atoms with Crippen LogP contribution in [0.15, 0.2) is 36.4 Å². The Hall–Kier alpha value is -1.28. The first-order valence-corrected chi connectivity index (χ1v) is 5.01. The third kappa shape index (κ3) is 3.10. The number of carbonyl (C=O) groups excluding carboxylic acids is 1. The molecule has 2 nitrogen and oxygen atoms in total. The van der Waals surface area contributed by atoms with Crippen molar-refractivity contribution in [1.82, 2.24) is 0 Å². The third-order valence-corrected chi connectivity index (χ3v) is 2.32. The van der Waals surface area contributed by atoms with Crippen LogP contribution in [0.1, 0.15) is 25.5 Å². The molecule has 0 aliphatic heterocycles. The number of hydrogen-bond donors (Lipinski definition) is 0. The number of benzene rings is 1. The van der Waals surface area contributed by atoms with E-state index >= 15 is 0 Å². The van der Waals surface area contributed by atoms with Crippen molar-refractivity contribution in [1.29, 1.82) is 0 Å². The molecule has 0 radical (unpaired) electrons. The van der Waals surface area contributed by atoms with Crippen LogP contribution in [-0.2, 0) is 9.53 Å². The van der Waals surface area contributed by atoms with E-state index in [-0.39, 0.29) is 6.10 Å². The number of carbonyl (C=O) groups is 1. The van der Waals surface area contributed by atoms with Crippen LogP contribution in [0, 0.1) is 0 Å². The lowest BCUT2D eigenvalue weighted by Crippen LogP contribution is -2.09. The van der Waals surface area contributed by atoms with E-state index in [1.165, 1.54) is 0 Å². The lowest BCUT2D eigenvalue weighted by atomic mass is 10.1. The van der Waals surface area contributed by atoms with Crippen LogP contribution in [0.2, 0.25) is 5.02 Å². The zero-order valence-electron chi connectivity index (χ0n) is 8.79. The van der Waals surface area contributed by atoms with Crippen molar-refractivity contribution in [3.05, 3.63) is 47.0 Å². The van der Waals surface area contributed by atoms with E-state index in [2.05, 4.69) is 6.58 Å². The first-order chi connectivity index (χ1) is 7.02. The minimum Gasteiger partial charge on any atom is -0.454 e. The van der Waals surface area contributed by atoms with Gasteiger partial charge in [-0.05, 0) is 19.9 Å². The average Bonchev–Trinajstić information content (AvgIpc) is 2.18. The maximum atomic E-state index is 11.3. The fourth-order valence-corrected chi connectivity index (χ4v) is 1.42. The molecular weight excluding hydrogens is 212 g/mol. The highest BCUT2D eigenvalue weighted by Crippen LogP contribution is 2.25. The number of ether oxygens (including phenoxy) is 1. The summed E-state index contributed by atoms with van der Waals surface area (Å²) in [4.78, 5) is 11.3. The molecule has 3 heteroatoms. The second-order valence-corrected chi connectivity index (χ2v) is 3.76. The molecule has 0 aliphatic rings. The van der Waals surface area contributed by atoms with Gasteiger partial charge in [0.25, 0.3) is 0 Å². The predicted molar refractivity (Wildman–Crippen MR) is 60.8 cm³/mol. The fourth-order valence-electron chi connectivity index (χ4n) is 1.13. The Morgan fingerprint density at radius 3 is 2.60 bits per heavy atom. The summed E-state index contributed by atoms with van der Waals surface area (Å²) in [5.74, 6) is -0.401. The van der Waals surface area contributed by atoms with Crippen molar-refractivity contribution in [3.63, 3.8) is 0 Å². The van der Waals surface area contributed by atoms with Crippen molar-refractivity contribution >= 4 is 17.6 Å². The zero-order valence-corrected chi connectivity index (χ0v) is 9.54. The second-order valence-electron chi connectivity index (χ2n) is 3.35.